The van der Waals surface area contributed by atoms with Crippen molar-refractivity contribution in [2.45, 2.75) is 25.4 Å². The molecule has 18 heavy (non-hydrogen) atoms. The van der Waals surface area contributed by atoms with Crippen LogP contribution in [0.5, 0.6) is 0 Å². The number of hydrogen-bond donors (Lipinski definition) is 1. The fourth-order valence-corrected chi connectivity index (χ4v) is 2.21. The highest BCUT2D eigenvalue weighted by Gasteiger charge is 2.50. The normalized spacial score (nSPS) is 21.8. The maximum atomic E-state index is 12.9. The molecule has 0 bridgehead atoms. The Morgan fingerprint density at radius 1 is 1.56 bits per heavy atom. The van der Waals surface area contributed by atoms with Crippen LogP contribution in [-0.2, 0) is 9.53 Å². The van der Waals surface area contributed by atoms with Gasteiger partial charge in [0.15, 0.2) is 0 Å². The number of carbonyl (C=O) groups excluding carboxylic acids is 1. The van der Waals surface area contributed by atoms with Gasteiger partial charge in [0, 0.05) is 9.26 Å². The van der Waals surface area contributed by atoms with E-state index in [1.807, 2.05) is 25.1 Å². The summed E-state index contributed by atoms with van der Waals surface area (Å²) in [6, 6.07) is 5.73. The molecule has 0 aliphatic carbocycles. The molecule has 3 nitrogen and oxygen atoms in total. The van der Waals surface area contributed by atoms with Crippen LogP contribution in [0.3, 0.4) is 0 Å². The van der Waals surface area contributed by atoms with Crippen molar-refractivity contribution in [2.75, 3.05) is 11.9 Å². The highest BCUT2D eigenvalue weighted by atomic mass is 127. The van der Waals surface area contributed by atoms with Gasteiger partial charge in [-0.3, -0.25) is 0 Å². The van der Waals surface area contributed by atoms with Gasteiger partial charge in [-0.25, -0.2) is 4.79 Å². The lowest BCUT2D eigenvalue weighted by Crippen LogP contribution is -2.22. The molecule has 1 aliphatic rings. The minimum absolute atomic E-state index is 0.195. The monoisotopic (exact) mass is 367 g/mol. The van der Waals surface area contributed by atoms with Crippen molar-refractivity contribution < 1.29 is 18.3 Å². The van der Waals surface area contributed by atoms with E-state index in [4.69, 9.17) is 0 Å². The molecule has 1 aromatic carbocycles. The number of halogens is 3. The SMILES string of the molecule is Cc1ccc(NCC2CC(F)(F)C(=O)O2)cc1I. The Labute approximate surface area is 117 Å². The Morgan fingerprint density at radius 3 is 2.83 bits per heavy atom. The Bertz CT molecular complexity index is 479. The molecule has 1 N–H and O–H groups in total. The average molecular weight is 367 g/mol. The van der Waals surface area contributed by atoms with E-state index in [2.05, 4.69) is 32.6 Å². The van der Waals surface area contributed by atoms with Crippen LogP contribution in [0.2, 0.25) is 0 Å². The van der Waals surface area contributed by atoms with Crippen molar-refractivity contribution in [1.82, 2.24) is 0 Å². The first kappa shape index (κ1) is 13.5. The van der Waals surface area contributed by atoms with E-state index in [1.165, 1.54) is 0 Å². The summed E-state index contributed by atoms with van der Waals surface area (Å²) >= 11 is 2.20. The molecule has 6 heteroatoms. The maximum absolute atomic E-state index is 12.9. The van der Waals surface area contributed by atoms with Gasteiger partial charge in [0.25, 0.3) is 0 Å². The third-order valence-electron chi connectivity index (χ3n) is 2.76. The summed E-state index contributed by atoms with van der Waals surface area (Å²) in [6.07, 6.45) is -1.33. The zero-order valence-corrected chi connectivity index (χ0v) is 11.8. The van der Waals surface area contributed by atoms with Gasteiger partial charge in [0.05, 0.1) is 13.0 Å². The van der Waals surface area contributed by atoms with Crippen LogP contribution in [0, 0.1) is 10.5 Å². The summed E-state index contributed by atoms with van der Waals surface area (Å²) < 4.78 is 31.5. The fraction of sp³-hybridized carbons (Fsp3) is 0.417. The molecule has 98 valence electrons. The van der Waals surface area contributed by atoms with Gasteiger partial charge < -0.3 is 10.1 Å². The summed E-state index contributed by atoms with van der Waals surface area (Å²) in [6.45, 7) is 2.19. The molecule has 0 amide bonds. The second-order valence-corrected chi connectivity index (χ2v) is 5.44. The molecule has 1 fully saturated rings. The minimum atomic E-state index is -3.34. The zero-order valence-electron chi connectivity index (χ0n) is 9.67. The molecule has 0 radical (unpaired) electrons. The number of nitrogens with one attached hydrogen (secondary N) is 1. The van der Waals surface area contributed by atoms with E-state index < -0.39 is 24.4 Å². The molecule has 1 atom stereocenters. The number of cyclic esters (lactones) is 1. The number of rotatable bonds is 3. The van der Waals surface area contributed by atoms with Gasteiger partial charge in [-0.2, -0.15) is 8.78 Å². The Morgan fingerprint density at radius 2 is 2.28 bits per heavy atom. The van der Waals surface area contributed by atoms with E-state index in [-0.39, 0.29) is 6.54 Å². The van der Waals surface area contributed by atoms with Crippen molar-refractivity contribution >= 4 is 34.2 Å². The first-order valence-electron chi connectivity index (χ1n) is 5.47. The van der Waals surface area contributed by atoms with Gasteiger partial charge in [-0.1, -0.05) is 6.07 Å². The third kappa shape index (κ3) is 2.90. The number of benzene rings is 1. The average Bonchev–Trinajstić information content (AvgIpc) is 2.55. The van der Waals surface area contributed by atoms with Crippen LogP contribution >= 0.6 is 22.6 Å². The quantitative estimate of drug-likeness (QED) is 0.660. The third-order valence-corrected chi connectivity index (χ3v) is 3.92. The predicted molar refractivity (Wildman–Crippen MR) is 71.8 cm³/mol. The predicted octanol–water partition coefficient (Wildman–Crippen LogP) is 2.96. The van der Waals surface area contributed by atoms with Crippen LogP contribution in [0.1, 0.15) is 12.0 Å². The Hall–Kier alpha value is -0.920. The van der Waals surface area contributed by atoms with Crippen LogP contribution in [0.25, 0.3) is 0 Å². The molecule has 1 heterocycles. The van der Waals surface area contributed by atoms with Crippen LogP contribution in [0.15, 0.2) is 18.2 Å². The topological polar surface area (TPSA) is 38.3 Å². The van der Waals surface area contributed by atoms with Crippen molar-refractivity contribution in [3.8, 4) is 0 Å². The molecular formula is C12H12F2INO2. The van der Waals surface area contributed by atoms with Crippen LogP contribution in [0.4, 0.5) is 14.5 Å². The number of aryl methyl sites for hydroxylation is 1. The van der Waals surface area contributed by atoms with Gasteiger partial charge >= 0.3 is 11.9 Å². The largest absolute Gasteiger partial charge is 0.456 e. The highest BCUT2D eigenvalue weighted by Crippen LogP contribution is 2.31. The fourth-order valence-electron chi connectivity index (χ4n) is 1.70. The number of hydrogen-bond acceptors (Lipinski definition) is 3. The number of alkyl halides is 2. The van der Waals surface area contributed by atoms with E-state index >= 15 is 0 Å². The summed E-state index contributed by atoms with van der Waals surface area (Å²) in [7, 11) is 0. The van der Waals surface area contributed by atoms with Gasteiger partial charge in [0.1, 0.15) is 6.10 Å². The van der Waals surface area contributed by atoms with E-state index in [0.29, 0.717) is 0 Å². The van der Waals surface area contributed by atoms with E-state index in [9.17, 15) is 13.6 Å². The summed E-state index contributed by atoms with van der Waals surface area (Å²) in [4.78, 5) is 10.8. The molecule has 0 spiro atoms. The molecular weight excluding hydrogens is 355 g/mol. The molecule has 1 aliphatic heterocycles. The molecule has 0 aromatic heterocycles. The second kappa shape index (κ2) is 4.99. The zero-order chi connectivity index (χ0) is 13.3. The van der Waals surface area contributed by atoms with Crippen molar-refractivity contribution in [2.24, 2.45) is 0 Å². The van der Waals surface area contributed by atoms with Crippen LogP contribution < -0.4 is 5.32 Å². The molecule has 2 rings (SSSR count). The summed E-state index contributed by atoms with van der Waals surface area (Å²) in [5, 5.41) is 3.00. The molecule has 1 unspecified atom stereocenters. The summed E-state index contributed by atoms with van der Waals surface area (Å²) in [5.74, 6) is -4.76. The lowest BCUT2D eigenvalue weighted by Gasteiger charge is -2.12. The first-order valence-corrected chi connectivity index (χ1v) is 6.55. The van der Waals surface area contributed by atoms with Crippen molar-refractivity contribution in [3.05, 3.63) is 27.3 Å². The molecule has 1 saturated heterocycles. The van der Waals surface area contributed by atoms with E-state index in [1.54, 1.807) is 0 Å². The Kier molecular flexibility index (Phi) is 3.74. The summed E-state index contributed by atoms with van der Waals surface area (Å²) in [5.41, 5.74) is 1.98. The molecule has 1 aromatic rings. The van der Waals surface area contributed by atoms with Crippen molar-refractivity contribution in [1.29, 1.82) is 0 Å². The Balaban J connectivity index is 1.93. The van der Waals surface area contributed by atoms with E-state index in [0.717, 1.165) is 14.8 Å². The maximum Gasteiger partial charge on any atom is 0.377 e. The van der Waals surface area contributed by atoms with Gasteiger partial charge in [0.2, 0.25) is 0 Å². The first-order chi connectivity index (χ1) is 8.38. The number of esters is 1. The molecule has 0 saturated carbocycles. The van der Waals surface area contributed by atoms with Crippen LogP contribution in [-0.4, -0.2) is 24.5 Å². The lowest BCUT2D eigenvalue weighted by atomic mass is 10.2. The minimum Gasteiger partial charge on any atom is -0.456 e. The second-order valence-electron chi connectivity index (χ2n) is 4.28. The number of carbonyl (C=O) groups is 1. The number of anilines is 1. The number of ether oxygens (including phenoxy) is 1. The standard InChI is InChI=1S/C12H12F2INO2/c1-7-2-3-8(4-10(7)15)16-6-9-5-12(13,14)11(17)18-9/h2-4,9,16H,5-6H2,1H3. The highest BCUT2D eigenvalue weighted by molar-refractivity contribution is 14.1. The smallest absolute Gasteiger partial charge is 0.377 e. The lowest BCUT2D eigenvalue weighted by molar-refractivity contribution is -0.158. The van der Waals surface area contributed by atoms with Crippen molar-refractivity contribution in [3.63, 3.8) is 0 Å². The van der Waals surface area contributed by atoms with Gasteiger partial charge in [-0.15, -0.1) is 0 Å². The van der Waals surface area contributed by atoms with Gasteiger partial charge in [-0.05, 0) is 47.2 Å².